The lowest BCUT2D eigenvalue weighted by atomic mass is 10.2. The maximum atomic E-state index is 13.4. The molecule has 1 unspecified atom stereocenters. The molecular formula is C11H12BrF2NO2. The fourth-order valence-electron chi connectivity index (χ4n) is 1.22. The third kappa shape index (κ3) is 3.66. The summed E-state index contributed by atoms with van der Waals surface area (Å²) in [7, 11) is 0. The van der Waals surface area contributed by atoms with Crippen molar-refractivity contribution in [3.63, 3.8) is 0 Å². The summed E-state index contributed by atoms with van der Waals surface area (Å²) in [6, 6.07) is 1.41. The molecule has 0 saturated heterocycles. The average Bonchev–Trinajstić information content (AvgIpc) is 2.23. The molecule has 0 spiro atoms. The van der Waals surface area contributed by atoms with E-state index in [4.69, 9.17) is 4.74 Å². The van der Waals surface area contributed by atoms with Crippen molar-refractivity contribution in [1.29, 1.82) is 0 Å². The van der Waals surface area contributed by atoms with E-state index in [0.29, 0.717) is 4.47 Å². The standard InChI is InChI=1S/C11H12BrF2NO2/c1-3-17-11(16)6(2)15-10-8(13)4-7(12)5-9(10)14/h4-6,15H,3H2,1-2H3. The minimum Gasteiger partial charge on any atom is -0.464 e. The summed E-state index contributed by atoms with van der Waals surface area (Å²) in [5, 5.41) is 2.44. The van der Waals surface area contributed by atoms with Gasteiger partial charge in [-0.05, 0) is 26.0 Å². The summed E-state index contributed by atoms with van der Waals surface area (Å²) in [5.41, 5.74) is -0.339. The van der Waals surface area contributed by atoms with Gasteiger partial charge in [-0.25, -0.2) is 13.6 Å². The Labute approximate surface area is 106 Å². The van der Waals surface area contributed by atoms with Crippen LogP contribution in [0.1, 0.15) is 13.8 Å². The summed E-state index contributed by atoms with van der Waals surface area (Å²) in [4.78, 5) is 11.3. The highest BCUT2D eigenvalue weighted by atomic mass is 79.9. The van der Waals surface area contributed by atoms with Gasteiger partial charge in [0.15, 0.2) is 0 Å². The third-order valence-electron chi connectivity index (χ3n) is 2.01. The highest BCUT2D eigenvalue weighted by Gasteiger charge is 2.18. The summed E-state index contributed by atoms with van der Waals surface area (Å²) in [6.07, 6.45) is 0. The van der Waals surface area contributed by atoms with E-state index in [9.17, 15) is 13.6 Å². The van der Waals surface area contributed by atoms with E-state index >= 15 is 0 Å². The average molecular weight is 308 g/mol. The minimum absolute atomic E-state index is 0.218. The Morgan fingerprint density at radius 1 is 1.47 bits per heavy atom. The topological polar surface area (TPSA) is 38.3 Å². The SMILES string of the molecule is CCOC(=O)C(C)Nc1c(F)cc(Br)cc1F. The molecule has 17 heavy (non-hydrogen) atoms. The van der Waals surface area contributed by atoms with Crippen LogP contribution in [0.3, 0.4) is 0 Å². The summed E-state index contributed by atoms with van der Waals surface area (Å²) in [6.45, 7) is 3.35. The van der Waals surface area contributed by atoms with E-state index in [1.54, 1.807) is 6.92 Å². The molecule has 1 aromatic carbocycles. The van der Waals surface area contributed by atoms with Crippen molar-refractivity contribution < 1.29 is 18.3 Å². The number of carbonyl (C=O) groups is 1. The van der Waals surface area contributed by atoms with Gasteiger partial charge >= 0.3 is 5.97 Å². The number of carbonyl (C=O) groups excluding carboxylic acids is 1. The molecule has 0 aliphatic heterocycles. The second kappa shape index (κ2) is 5.95. The molecule has 94 valence electrons. The van der Waals surface area contributed by atoms with Crippen LogP contribution in [0.25, 0.3) is 0 Å². The zero-order valence-electron chi connectivity index (χ0n) is 9.39. The molecule has 0 aromatic heterocycles. The van der Waals surface area contributed by atoms with Gasteiger partial charge in [-0.3, -0.25) is 0 Å². The van der Waals surface area contributed by atoms with Gasteiger partial charge in [0.25, 0.3) is 0 Å². The Morgan fingerprint density at radius 2 is 2.00 bits per heavy atom. The number of nitrogens with one attached hydrogen (secondary N) is 1. The Kier molecular flexibility index (Phi) is 4.86. The zero-order valence-corrected chi connectivity index (χ0v) is 11.0. The van der Waals surface area contributed by atoms with E-state index in [1.807, 2.05) is 0 Å². The minimum atomic E-state index is -0.819. The van der Waals surface area contributed by atoms with Gasteiger partial charge < -0.3 is 10.1 Å². The van der Waals surface area contributed by atoms with Crippen LogP contribution < -0.4 is 5.32 Å². The molecule has 1 atom stereocenters. The molecule has 0 aliphatic carbocycles. The van der Waals surface area contributed by atoms with Crippen molar-refractivity contribution in [2.75, 3.05) is 11.9 Å². The van der Waals surface area contributed by atoms with Gasteiger partial charge in [0.05, 0.1) is 6.61 Å². The fourth-order valence-corrected chi connectivity index (χ4v) is 1.62. The lowest BCUT2D eigenvalue weighted by Gasteiger charge is -2.15. The van der Waals surface area contributed by atoms with Crippen molar-refractivity contribution in [2.24, 2.45) is 0 Å². The van der Waals surface area contributed by atoms with Crippen LogP contribution in [0.5, 0.6) is 0 Å². The van der Waals surface area contributed by atoms with Crippen LogP contribution >= 0.6 is 15.9 Å². The van der Waals surface area contributed by atoms with Gasteiger partial charge in [0.2, 0.25) is 0 Å². The molecule has 0 fully saturated rings. The molecule has 1 rings (SSSR count). The number of ether oxygens (including phenoxy) is 1. The van der Waals surface area contributed by atoms with E-state index in [1.165, 1.54) is 6.92 Å². The van der Waals surface area contributed by atoms with Crippen LogP contribution in [0.2, 0.25) is 0 Å². The number of rotatable bonds is 4. The first-order valence-electron chi connectivity index (χ1n) is 5.03. The van der Waals surface area contributed by atoms with E-state index in [2.05, 4.69) is 21.2 Å². The fraction of sp³-hybridized carbons (Fsp3) is 0.364. The lowest BCUT2D eigenvalue weighted by molar-refractivity contribution is -0.143. The monoisotopic (exact) mass is 307 g/mol. The summed E-state index contributed by atoms with van der Waals surface area (Å²) < 4.78 is 31.9. The highest BCUT2D eigenvalue weighted by Crippen LogP contribution is 2.24. The molecule has 0 aliphatic rings. The van der Waals surface area contributed by atoms with Gasteiger partial charge in [-0.1, -0.05) is 15.9 Å². The molecule has 0 heterocycles. The number of esters is 1. The molecule has 1 N–H and O–H groups in total. The maximum Gasteiger partial charge on any atom is 0.328 e. The number of hydrogen-bond donors (Lipinski definition) is 1. The smallest absolute Gasteiger partial charge is 0.328 e. The van der Waals surface area contributed by atoms with E-state index in [-0.39, 0.29) is 12.3 Å². The van der Waals surface area contributed by atoms with Gasteiger partial charge in [-0.2, -0.15) is 0 Å². The van der Waals surface area contributed by atoms with Crippen molar-refractivity contribution in [3.8, 4) is 0 Å². The molecular weight excluding hydrogens is 296 g/mol. The quantitative estimate of drug-likeness (QED) is 0.869. The van der Waals surface area contributed by atoms with Gasteiger partial charge in [0.1, 0.15) is 23.4 Å². The predicted molar refractivity (Wildman–Crippen MR) is 63.8 cm³/mol. The van der Waals surface area contributed by atoms with Crippen LogP contribution in [-0.2, 0) is 9.53 Å². The first-order valence-corrected chi connectivity index (χ1v) is 5.82. The van der Waals surface area contributed by atoms with Crippen molar-refractivity contribution in [2.45, 2.75) is 19.9 Å². The molecule has 1 aromatic rings. The molecule has 0 amide bonds. The van der Waals surface area contributed by atoms with Crippen LogP contribution in [0.15, 0.2) is 16.6 Å². The highest BCUT2D eigenvalue weighted by molar-refractivity contribution is 9.10. The Bertz CT molecular complexity index is 403. The second-order valence-corrected chi connectivity index (χ2v) is 4.28. The number of halogens is 3. The zero-order chi connectivity index (χ0) is 13.0. The van der Waals surface area contributed by atoms with E-state index in [0.717, 1.165) is 12.1 Å². The van der Waals surface area contributed by atoms with Gasteiger partial charge in [0, 0.05) is 4.47 Å². The molecule has 0 radical (unpaired) electrons. The molecule has 3 nitrogen and oxygen atoms in total. The lowest BCUT2D eigenvalue weighted by Crippen LogP contribution is -2.29. The maximum absolute atomic E-state index is 13.4. The number of hydrogen-bond acceptors (Lipinski definition) is 3. The Morgan fingerprint density at radius 3 is 2.47 bits per heavy atom. The molecule has 0 saturated carbocycles. The molecule has 6 heteroatoms. The van der Waals surface area contributed by atoms with Crippen LogP contribution in [0, 0.1) is 11.6 Å². The predicted octanol–water partition coefficient (Wildman–Crippen LogP) is 3.09. The van der Waals surface area contributed by atoms with Crippen LogP contribution in [0.4, 0.5) is 14.5 Å². The van der Waals surface area contributed by atoms with Crippen molar-refractivity contribution >= 4 is 27.6 Å². The first kappa shape index (κ1) is 13.9. The van der Waals surface area contributed by atoms with Gasteiger partial charge in [-0.15, -0.1) is 0 Å². The van der Waals surface area contributed by atoms with E-state index < -0.39 is 23.6 Å². The number of anilines is 1. The summed E-state index contributed by atoms with van der Waals surface area (Å²) >= 11 is 2.97. The summed E-state index contributed by atoms with van der Waals surface area (Å²) in [5.74, 6) is -2.10. The Balaban J connectivity index is 2.85. The largest absolute Gasteiger partial charge is 0.464 e. The van der Waals surface area contributed by atoms with Crippen molar-refractivity contribution in [3.05, 3.63) is 28.2 Å². The first-order chi connectivity index (χ1) is 7.95. The van der Waals surface area contributed by atoms with Crippen molar-refractivity contribution in [1.82, 2.24) is 0 Å². The molecule has 0 bridgehead atoms. The number of benzene rings is 1. The van der Waals surface area contributed by atoms with Crippen LogP contribution in [-0.4, -0.2) is 18.6 Å². The third-order valence-corrected chi connectivity index (χ3v) is 2.47. The second-order valence-electron chi connectivity index (χ2n) is 3.36. The Hall–Kier alpha value is -1.17. The normalized spacial score (nSPS) is 12.1.